The van der Waals surface area contributed by atoms with Crippen LogP contribution < -0.4 is 0 Å². The van der Waals surface area contributed by atoms with Crippen molar-refractivity contribution in [3.63, 3.8) is 0 Å². The van der Waals surface area contributed by atoms with Crippen molar-refractivity contribution in [1.82, 2.24) is 4.98 Å². The molecule has 6 rings (SSSR count). The summed E-state index contributed by atoms with van der Waals surface area (Å²) in [5.74, 6) is 0. The first-order valence-corrected chi connectivity index (χ1v) is 10.1. The predicted octanol–water partition coefficient (Wildman–Crippen LogP) is 4.81. The minimum atomic E-state index is 0.843. The molecule has 1 aromatic heterocycles. The standard InChI is InChI=1S/C26H17N5/c1-16-3-2-10-27-26(16)24-14-23-13-21-7-6-19(29-21)11-17-4-5-18(28-17)12-20-8-9-22(30-20)15-25(24)31-23/h2-15H,1H3. The lowest BCUT2D eigenvalue weighted by Gasteiger charge is -2.06. The van der Waals surface area contributed by atoms with Crippen LogP contribution in [0.1, 0.15) is 11.3 Å². The van der Waals surface area contributed by atoms with E-state index in [1.807, 2.05) is 73.0 Å². The summed E-state index contributed by atoms with van der Waals surface area (Å²) in [6.45, 7) is 2.06. The van der Waals surface area contributed by atoms with Crippen LogP contribution in [-0.4, -0.2) is 27.8 Å². The molecule has 0 saturated carbocycles. The lowest BCUT2D eigenvalue weighted by Crippen LogP contribution is -2.00. The summed E-state index contributed by atoms with van der Waals surface area (Å²) in [5.41, 5.74) is 9.91. The quantitative estimate of drug-likeness (QED) is 0.668. The summed E-state index contributed by atoms with van der Waals surface area (Å²) in [7, 11) is 0. The molecular formula is C26H17N5. The van der Waals surface area contributed by atoms with Crippen molar-refractivity contribution in [1.29, 1.82) is 0 Å². The predicted molar refractivity (Wildman–Crippen MR) is 126 cm³/mol. The van der Waals surface area contributed by atoms with Gasteiger partial charge in [-0.3, -0.25) is 4.98 Å². The molecule has 8 bridgehead atoms. The highest BCUT2D eigenvalue weighted by Gasteiger charge is 2.20. The number of hydrogen-bond acceptors (Lipinski definition) is 5. The summed E-state index contributed by atoms with van der Waals surface area (Å²) < 4.78 is 0. The number of rotatable bonds is 1. The molecule has 0 fully saturated rings. The zero-order valence-corrected chi connectivity index (χ0v) is 16.8. The van der Waals surface area contributed by atoms with Crippen molar-refractivity contribution in [2.45, 2.75) is 6.92 Å². The number of fused-ring (bicyclic) bond motifs is 4. The van der Waals surface area contributed by atoms with Crippen LogP contribution >= 0.6 is 0 Å². The molecule has 5 aliphatic rings. The summed E-state index contributed by atoms with van der Waals surface area (Å²) >= 11 is 0. The van der Waals surface area contributed by atoms with Gasteiger partial charge in [0.25, 0.3) is 0 Å². The van der Waals surface area contributed by atoms with Crippen molar-refractivity contribution >= 4 is 28.4 Å². The van der Waals surface area contributed by atoms with Gasteiger partial charge in [-0.1, -0.05) is 6.07 Å². The third-order valence-corrected chi connectivity index (χ3v) is 5.30. The van der Waals surface area contributed by atoms with E-state index < -0.39 is 0 Å². The van der Waals surface area contributed by atoms with Gasteiger partial charge in [-0.2, -0.15) is 0 Å². The number of aromatic nitrogens is 1. The first-order chi connectivity index (χ1) is 15.2. The van der Waals surface area contributed by atoms with E-state index in [0.29, 0.717) is 0 Å². The minimum absolute atomic E-state index is 0.843. The molecule has 31 heavy (non-hydrogen) atoms. The maximum absolute atomic E-state index is 4.87. The first kappa shape index (κ1) is 17.6. The number of allylic oxidation sites excluding steroid dienone is 12. The number of pyridine rings is 1. The van der Waals surface area contributed by atoms with Crippen molar-refractivity contribution in [2.24, 2.45) is 20.0 Å². The van der Waals surface area contributed by atoms with Gasteiger partial charge in [0.15, 0.2) is 0 Å². The van der Waals surface area contributed by atoms with Gasteiger partial charge in [0.05, 0.1) is 51.3 Å². The number of aryl methyl sites for hydroxylation is 1. The molecule has 0 N–H and O–H groups in total. The summed E-state index contributed by atoms with van der Waals surface area (Å²) in [6, 6.07) is 4.01. The third-order valence-electron chi connectivity index (χ3n) is 5.30. The highest BCUT2D eigenvalue weighted by atomic mass is 14.8. The van der Waals surface area contributed by atoms with Crippen LogP contribution in [0.15, 0.2) is 128 Å². The molecule has 0 unspecified atom stereocenters. The van der Waals surface area contributed by atoms with Gasteiger partial charge in [-0.25, -0.2) is 20.0 Å². The van der Waals surface area contributed by atoms with E-state index in [1.165, 1.54) is 0 Å². The molecule has 0 amide bonds. The fraction of sp³-hybridized carbons (Fsp3) is 0.0385. The molecule has 0 saturated heterocycles. The second-order valence-electron chi connectivity index (χ2n) is 7.61. The van der Waals surface area contributed by atoms with E-state index in [0.717, 1.165) is 62.5 Å². The summed E-state index contributed by atoms with van der Waals surface area (Å²) in [6.07, 6.45) is 23.8. The molecule has 1 aromatic rings. The Kier molecular flexibility index (Phi) is 3.93. The summed E-state index contributed by atoms with van der Waals surface area (Å²) in [5, 5.41) is 0. The molecule has 0 aromatic carbocycles. The molecule has 5 nitrogen and oxygen atoms in total. The van der Waals surface area contributed by atoms with Crippen LogP contribution in [0, 0.1) is 6.92 Å². The highest BCUT2D eigenvalue weighted by molar-refractivity contribution is 6.32. The fourth-order valence-electron chi connectivity index (χ4n) is 3.85. The van der Waals surface area contributed by atoms with Gasteiger partial charge >= 0.3 is 0 Å². The van der Waals surface area contributed by atoms with E-state index in [4.69, 9.17) is 15.0 Å². The Balaban J connectivity index is 1.52. The summed E-state index contributed by atoms with van der Waals surface area (Å²) in [4.78, 5) is 23.6. The van der Waals surface area contributed by atoms with Gasteiger partial charge in [0.1, 0.15) is 0 Å². The Hall–Kier alpha value is -4.25. The van der Waals surface area contributed by atoms with Gasteiger partial charge < -0.3 is 0 Å². The van der Waals surface area contributed by atoms with Crippen molar-refractivity contribution < 1.29 is 0 Å². The van der Waals surface area contributed by atoms with Crippen molar-refractivity contribution in [3.8, 4) is 0 Å². The number of hydrogen-bond donors (Lipinski definition) is 0. The van der Waals surface area contributed by atoms with Gasteiger partial charge in [0.2, 0.25) is 0 Å². The fourth-order valence-corrected chi connectivity index (χ4v) is 3.85. The Morgan fingerprint density at radius 2 is 1.16 bits per heavy atom. The van der Waals surface area contributed by atoms with Crippen molar-refractivity contribution in [3.05, 3.63) is 119 Å². The van der Waals surface area contributed by atoms with Crippen LogP contribution in [0.2, 0.25) is 0 Å². The van der Waals surface area contributed by atoms with Gasteiger partial charge in [-0.05, 0) is 85.4 Å². The molecule has 5 heteroatoms. The van der Waals surface area contributed by atoms with Crippen LogP contribution in [0.4, 0.5) is 0 Å². The Morgan fingerprint density at radius 1 is 0.581 bits per heavy atom. The van der Waals surface area contributed by atoms with E-state index in [2.05, 4.69) is 29.0 Å². The Bertz CT molecular complexity index is 1410. The number of nitrogens with zero attached hydrogens (tertiary/aromatic N) is 5. The average molecular weight is 399 g/mol. The lowest BCUT2D eigenvalue weighted by atomic mass is 10.0. The first-order valence-electron chi connectivity index (χ1n) is 10.1. The van der Waals surface area contributed by atoms with Crippen molar-refractivity contribution in [2.75, 3.05) is 0 Å². The number of aliphatic imine (C=N–C) groups is 4. The minimum Gasteiger partial charge on any atom is -0.256 e. The molecule has 6 heterocycles. The topological polar surface area (TPSA) is 62.3 Å². The molecular weight excluding hydrogens is 382 g/mol. The molecule has 0 spiro atoms. The smallest absolute Gasteiger partial charge is 0.0753 e. The normalized spacial score (nSPS) is 20.5. The second kappa shape index (κ2) is 6.92. The zero-order chi connectivity index (χ0) is 20.8. The molecule has 0 aliphatic carbocycles. The lowest BCUT2D eigenvalue weighted by molar-refractivity contribution is 1.23. The highest BCUT2D eigenvalue weighted by Crippen LogP contribution is 2.29. The molecule has 146 valence electrons. The van der Waals surface area contributed by atoms with Crippen LogP contribution in [-0.2, 0) is 0 Å². The largest absolute Gasteiger partial charge is 0.256 e. The SMILES string of the molecule is Cc1cccnc1C1=CC2=CC3=NC(=CC4=NC(=CC5=NC(=CC1=N2)C=C5)C=C4)C=C3. The monoisotopic (exact) mass is 399 g/mol. The van der Waals surface area contributed by atoms with E-state index in [1.54, 1.807) is 0 Å². The van der Waals surface area contributed by atoms with Crippen LogP contribution in [0.5, 0.6) is 0 Å². The zero-order valence-electron chi connectivity index (χ0n) is 16.8. The van der Waals surface area contributed by atoms with E-state index in [9.17, 15) is 0 Å². The average Bonchev–Trinajstić information content (AvgIpc) is 3.53. The maximum atomic E-state index is 4.87. The molecule has 0 radical (unpaired) electrons. The van der Waals surface area contributed by atoms with Gasteiger partial charge in [0, 0.05) is 11.8 Å². The third kappa shape index (κ3) is 3.36. The van der Waals surface area contributed by atoms with E-state index >= 15 is 0 Å². The molecule has 5 aliphatic heterocycles. The van der Waals surface area contributed by atoms with Crippen LogP contribution in [0.3, 0.4) is 0 Å². The Morgan fingerprint density at radius 3 is 1.77 bits per heavy atom. The second-order valence-corrected chi connectivity index (χ2v) is 7.61. The van der Waals surface area contributed by atoms with Crippen LogP contribution in [0.25, 0.3) is 5.57 Å². The molecule has 0 atom stereocenters. The maximum Gasteiger partial charge on any atom is 0.0753 e. The van der Waals surface area contributed by atoms with Gasteiger partial charge in [-0.15, -0.1) is 0 Å². The Labute approximate surface area is 179 Å². The van der Waals surface area contributed by atoms with E-state index in [-0.39, 0.29) is 0 Å².